The minimum Gasteiger partial charge on any atom is -0.451 e. The maximum absolute atomic E-state index is 14.4. The van der Waals surface area contributed by atoms with Crippen molar-refractivity contribution in [3.05, 3.63) is 42.1 Å². The molecule has 4 fully saturated rings. The lowest BCUT2D eigenvalue weighted by Crippen LogP contribution is -2.64. The van der Waals surface area contributed by atoms with Crippen LogP contribution in [0.5, 0.6) is 11.5 Å². The first-order valence-corrected chi connectivity index (χ1v) is 20.6. The minimum absolute atomic E-state index is 0.0767. The van der Waals surface area contributed by atoms with E-state index in [0.29, 0.717) is 30.6 Å². The highest BCUT2D eigenvalue weighted by atomic mass is 32.2. The second-order valence-corrected chi connectivity index (χ2v) is 18.9. The van der Waals surface area contributed by atoms with Crippen molar-refractivity contribution < 1.29 is 31.9 Å². The van der Waals surface area contributed by atoms with Crippen molar-refractivity contribution in [3.63, 3.8) is 0 Å². The van der Waals surface area contributed by atoms with Crippen molar-refractivity contribution in [3.8, 4) is 11.5 Å². The molecule has 0 aliphatic carbocycles. The molecule has 0 bridgehead atoms. The van der Waals surface area contributed by atoms with Crippen LogP contribution in [0.15, 0.2) is 30.7 Å². The quantitative estimate of drug-likeness (QED) is 0.341. The molecule has 1 spiro atoms. The Kier molecular flexibility index (Phi) is 11.8. The largest absolute Gasteiger partial charge is 0.451 e. The Morgan fingerprint density at radius 3 is 2.26 bits per heavy atom. The summed E-state index contributed by atoms with van der Waals surface area (Å²) >= 11 is 0. The summed E-state index contributed by atoms with van der Waals surface area (Å²) in [5.41, 5.74) is -0.272. The van der Waals surface area contributed by atoms with Gasteiger partial charge in [0.25, 0.3) is 16.1 Å². The van der Waals surface area contributed by atoms with Crippen LogP contribution in [0.4, 0.5) is 15.0 Å². The predicted molar refractivity (Wildman–Crippen MR) is 203 cm³/mol. The SMILES string of the molecule is CC(C)N(C(=O)c1cc(F)ccc1Oc1cncnc1N1CC2(CCN(CC3CCN(S(=O)(=O)N4CC(NC(=O)OC(C)(C)C)C4)CC3)CC2)C1)C(C)C. The van der Waals surface area contributed by atoms with Crippen molar-refractivity contribution in [2.75, 3.05) is 63.8 Å². The Balaban J connectivity index is 0.964. The second kappa shape index (κ2) is 15.9. The Morgan fingerprint density at radius 1 is 1.00 bits per heavy atom. The van der Waals surface area contributed by atoms with E-state index in [1.54, 1.807) is 36.2 Å². The third-order valence-corrected chi connectivity index (χ3v) is 12.9. The molecule has 4 aliphatic rings. The molecular formula is C38H57FN8O6S. The monoisotopic (exact) mass is 772 g/mol. The molecule has 5 heterocycles. The van der Waals surface area contributed by atoms with Gasteiger partial charge < -0.3 is 29.5 Å². The predicted octanol–water partition coefficient (Wildman–Crippen LogP) is 4.73. The minimum atomic E-state index is -3.56. The van der Waals surface area contributed by atoms with E-state index in [1.807, 2.05) is 27.7 Å². The summed E-state index contributed by atoms with van der Waals surface area (Å²) in [4.78, 5) is 40.8. The standard InChI is InChI=1S/C38H57FN8O6S/c1-26(2)47(27(3)4)35(48)31-18-29(39)8-9-32(31)52-33-19-40-25-41-34(33)44-23-38(24-44)12-16-43(17-13-38)20-28-10-14-45(15-11-28)54(50,51)46-21-30(22-46)42-36(49)53-37(5,6)7/h8-9,18-19,25-28,30H,10-17,20-24H2,1-7H3,(H,42,49). The molecule has 1 aromatic heterocycles. The fourth-order valence-electron chi connectivity index (χ4n) is 8.18. The summed E-state index contributed by atoms with van der Waals surface area (Å²) in [6.07, 6.45) is 6.33. The van der Waals surface area contributed by atoms with Gasteiger partial charge in [0.15, 0.2) is 11.6 Å². The number of amides is 2. The Bertz CT molecular complexity index is 1750. The van der Waals surface area contributed by atoms with Gasteiger partial charge in [0.2, 0.25) is 0 Å². The molecule has 4 aliphatic heterocycles. The van der Waals surface area contributed by atoms with E-state index in [1.165, 1.54) is 28.8 Å². The van der Waals surface area contributed by atoms with Crippen molar-refractivity contribution in [2.45, 2.75) is 97.9 Å². The van der Waals surface area contributed by atoms with Gasteiger partial charge >= 0.3 is 6.09 Å². The normalized spacial score (nSPS) is 20.5. The van der Waals surface area contributed by atoms with Gasteiger partial charge in [-0.25, -0.2) is 19.2 Å². The molecule has 0 radical (unpaired) electrons. The summed E-state index contributed by atoms with van der Waals surface area (Å²) in [7, 11) is -3.56. The molecule has 6 rings (SSSR count). The molecule has 54 heavy (non-hydrogen) atoms. The first-order chi connectivity index (χ1) is 25.4. The van der Waals surface area contributed by atoms with Crippen molar-refractivity contribution in [1.82, 2.24) is 33.7 Å². The third-order valence-electron chi connectivity index (χ3n) is 11.0. The number of benzene rings is 1. The second-order valence-electron chi connectivity index (χ2n) is 17.0. The van der Waals surface area contributed by atoms with E-state index < -0.39 is 27.7 Å². The van der Waals surface area contributed by atoms with Crippen LogP contribution in [-0.2, 0) is 14.9 Å². The molecule has 14 nitrogen and oxygen atoms in total. The highest BCUT2D eigenvalue weighted by Gasteiger charge is 2.47. The molecule has 1 aromatic carbocycles. The van der Waals surface area contributed by atoms with E-state index in [-0.39, 0.29) is 53.9 Å². The maximum Gasteiger partial charge on any atom is 0.407 e. The van der Waals surface area contributed by atoms with E-state index in [4.69, 9.17) is 9.47 Å². The zero-order valence-corrected chi connectivity index (χ0v) is 33.6. The number of hydrogen-bond donors (Lipinski definition) is 1. The van der Waals surface area contributed by atoms with Crippen LogP contribution in [0.1, 0.15) is 84.5 Å². The number of carbonyl (C=O) groups is 2. The fourth-order valence-corrected chi connectivity index (χ4v) is 9.92. The number of halogens is 1. The molecule has 0 unspecified atom stereocenters. The van der Waals surface area contributed by atoms with E-state index in [0.717, 1.165) is 58.4 Å². The van der Waals surface area contributed by atoms with Gasteiger partial charge in [-0.15, -0.1) is 0 Å². The fraction of sp³-hybridized carbons (Fsp3) is 0.684. The zero-order chi connectivity index (χ0) is 39.0. The van der Waals surface area contributed by atoms with Crippen LogP contribution in [-0.4, -0.2) is 131 Å². The van der Waals surface area contributed by atoms with Gasteiger partial charge in [-0.3, -0.25) is 4.79 Å². The van der Waals surface area contributed by atoms with Crippen LogP contribution in [0, 0.1) is 17.2 Å². The number of carbonyl (C=O) groups excluding carboxylic acids is 2. The highest BCUT2D eigenvalue weighted by molar-refractivity contribution is 7.86. The summed E-state index contributed by atoms with van der Waals surface area (Å²) in [6, 6.07) is 3.61. The smallest absolute Gasteiger partial charge is 0.407 e. The lowest BCUT2D eigenvalue weighted by Gasteiger charge is -2.54. The van der Waals surface area contributed by atoms with E-state index in [9.17, 15) is 22.4 Å². The number of aromatic nitrogens is 2. The lowest BCUT2D eigenvalue weighted by molar-refractivity contribution is 0.0453. The van der Waals surface area contributed by atoms with Gasteiger partial charge in [0, 0.05) is 63.3 Å². The van der Waals surface area contributed by atoms with Gasteiger partial charge in [-0.2, -0.15) is 17.0 Å². The molecule has 4 saturated heterocycles. The summed E-state index contributed by atoms with van der Waals surface area (Å²) in [5, 5.41) is 2.75. The first kappa shape index (κ1) is 40.1. The third kappa shape index (κ3) is 9.09. The number of alkyl carbamates (subject to hydrolysis) is 1. The van der Waals surface area contributed by atoms with Gasteiger partial charge in [-0.05, 0) is 111 Å². The Morgan fingerprint density at radius 2 is 1.65 bits per heavy atom. The van der Waals surface area contributed by atoms with Crippen LogP contribution in [0.3, 0.4) is 0 Å². The molecule has 16 heteroatoms. The number of anilines is 1. The number of ether oxygens (including phenoxy) is 2. The maximum atomic E-state index is 14.4. The molecule has 1 N–H and O–H groups in total. The number of nitrogens with zero attached hydrogens (tertiary/aromatic N) is 7. The molecule has 298 valence electrons. The van der Waals surface area contributed by atoms with Gasteiger partial charge in [-0.1, -0.05) is 0 Å². The Labute approximate surface area is 319 Å². The molecular weight excluding hydrogens is 716 g/mol. The lowest BCUT2D eigenvalue weighted by atomic mass is 9.72. The van der Waals surface area contributed by atoms with E-state index >= 15 is 0 Å². The van der Waals surface area contributed by atoms with Crippen LogP contribution < -0.4 is 15.0 Å². The van der Waals surface area contributed by atoms with Crippen molar-refractivity contribution in [1.29, 1.82) is 0 Å². The van der Waals surface area contributed by atoms with Crippen LogP contribution in [0.25, 0.3) is 0 Å². The average Bonchev–Trinajstić information content (AvgIpc) is 3.06. The molecule has 2 amide bonds. The molecule has 0 saturated carbocycles. The average molecular weight is 773 g/mol. The zero-order valence-electron chi connectivity index (χ0n) is 32.8. The number of hydrogen-bond acceptors (Lipinski definition) is 10. The Hall–Kier alpha value is -3.60. The summed E-state index contributed by atoms with van der Waals surface area (Å²) in [5.74, 6) is 0.973. The van der Waals surface area contributed by atoms with Gasteiger partial charge in [0.1, 0.15) is 23.5 Å². The number of nitrogens with one attached hydrogen (secondary N) is 1. The van der Waals surface area contributed by atoms with E-state index in [2.05, 4.69) is 25.1 Å². The van der Waals surface area contributed by atoms with Crippen molar-refractivity contribution >= 4 is 28.0 Å². The number of piperidine rings is 2. The van der Waals surface area contributed by atoms with Gasteiger partial charge in [0.05, 0.1) is 17.8 Å². The summed E-state index contributed by atoms with van der Waals surface area (Å²) < 4.78 is 55.5. The number of likely N-dealkylation sites (tertiary alicyclic amines) is 1. The number of rotatable bonds is 11. The topological polar surface area (TPSA) is 141 Å². The van der Waals surface area contributed by atoms with Crippen molar-refractivity contribution in [2.24, 2.45) is 11.3 Å². The van der Waals surface area contributed by atoms with Crippen LogP contribution in [0.2, 0.25) is 0 Å². The first-order valence-electron chi connectivity index (χ1n) is 19.3. The molecule has 0 atom stereocenters. The summed E-state index contributed by atoms with van der Waals surface area (Å²) in [6.45, 7) is 19.2. The van der Waals surface area contributed by atoms with Crippen LogP contribution >= 0.6 is 0 Å². The highest BCUT2D eigenvalue weighted by Crippen LogP contribution is 2.45. The molecule has 2 aromatic rings.